The highest BCUT2D eigenvalue weighted by molar-refractivity contribution is 5.92. The summed E-state index contributed by atoms with van der Waals surface area (Å²) < 4.78 is 11.2. The molecule has 1 aliphatic heterocycles. The van der Waals surface area contributed by atoms with Crippen LogP contribution in [0.5, 0.6) is 11.5 Å². The van der Waals surface area contributed by atoms with Gasteiger partial charge in [-0.15, -0.1) is 0 Å². The molecule has 1 aliphatic carbocycles. The zero-order chi connectivity index (χ0) is 28.8. The number of hydrogen-bond acceptors (Lipinski definition) is 6. The number of hydrogen-bond donors (Lipinski definition) is 1. The van der Waals surface area contributed by atoms with Gasteiger partial charge in [-0.1, -0.05) is 36.4 Å². The Labute approximate surface area is 239 Å². The number of rotatable bonds is 9. The van der Waals surface area contributed by atoms with Crippen molar-refractivity contribution in [3.05, 3.63) is 123 Å². The number of allylic oxidation sites excluding steroid dienone is 1. The van der Waals surface area contributed by atoms with Crippen LogP contribution in [0, 0.1) is 10.1 Å². The zero-order valence-corrected chi connectivity index (χ0v) is 23.2. The molecule has 5 rings (SSSR count). The third-order valence-corrected chi connectivity index (χ3v) is 7.13. The minimum absolute atomic E-state index is 0.0210. The van der Waals surface area contributed by atoms with E-state index >= 15 is 0 Å². The van der Waals surface area contributed by atoms with Gasteiger partial charge in [0.15, 0.2) is 0 Å². The van der Waals surface area contributed by atoms with Gasteiger partial charge in [-0.05, 0) is 97.4 Å². The summed E-state index contributed by atoms with van der Waals surface area (Å²) in [5.74, 6) is 1.37. The summed E-state index contributed by atoms with van der Waals surface area (Å²) in [7, 11) is 0. The molecular formula is C33H33N3O5. The average Bonchev–Trinajstić information content (AvgIpc) is 3.39. The number of carbonyl (C=O) groups excluding carboxylic acids is 1. The van der Waals surface area contributed by atoms with Crippen molar-refractivity contribution in [3.63, 3.8) is 0 Å². The van der Waals surface area contributed by atoms with E-state index in [-0.39, 0.29) is 17.6 Å². The quantitative estimate of drug-likeness (QED) is 0.175. The van der Waals surface area contributed by atoms with Crippen LogP contribution in [0.1, 0.15) is 55.8 Å². The van der Waals surface area contributed by atoms with Crippen LogP contribution in [-0.4, -0.2) is 29.1 Å². The molecule has 0 radical (unpaired) electrons. The number of nitro groups is 1. The summed E-state index contributed by atoms with van der Waals surface area (Å²) in [5.41, 5.74) is 9.31. The van der Waals surface area contributed by atoms with Crippen molar-refractivity contribution in [3.8, 4) is 11.5 Å². The fourth-order valence-electron chi connectivity index (χ4n) is 5.29. The number of non-ortho nitro benzene ring substituents is 1. The molecule has 8 nitrogen and oxygen atoms in total. The molecule has 210 valence electrons. The average molecular weight is 552 g/mol. The highest BCUT2D eigenvalue weighted by atomic mass is 16.6. The van der Waals surface area contributed by atoms with Crippen molar-refractivity contribution >= 4 is 23.7 Å². The maximum Gasteiger partial charge on any atom is 0.270 e. The van der Waals surface area contributed by atoms with E-state index in [1.54, 1.807) is 23.2 Å². The lowest BCUT2D eigenvalue weighted by Gasteiger charge is -2.26. The van der Waals surface area contributed by atoms with Gasteiger partial charge in [0.1, 0.15) is 17.5 Å². The van der Waals surface area contributed by atoms with Crippen LogP contribution in [0.2, 0.25) is 0 Å². The summed E-state index contributed by atoms with van der Waals surface area (Å²) in [4.78, 5) is 24.4. The van der Waals surface area contributed by atoms with Gasteiger partial charge in [-0.3, -0.25) is 20.3 Å². The standard InChI is InChI=1S/C33H33N3O5/c1-3-40-28-16-11-24(12-17-28)21-26-8-6-10-30-32(26)34-35(33(30)25-14-18-29(19-15-25)41-4-2)31(37)20-13-23-7-5-9-27(22-23)36(38)39/h5,7,9,11-22,33-34H,3-4,6,8,10H2,1-2H3/b20-13+,26-21+/t33-/m0/s1. The van der Waals surface area contributed by atoms with Crippen molar-refractivity contribution in [2.45, 2.75) is 39.2 Å². The number of nitro benzene ring substituents is 1. The first kappa shape index (κ1) is 27.7. The molecule has 0 fully saturated rings. The van der Waals surface area contributed by atoms with Crippen LogP contribution in [0.15, 0.2) is 95.7 Å². The van der Waals surface area contributed by atoms with Crippen molar-refractivity contribution < 1.29 is 19.2 Å². The van der Waals surface area contributed by atoms with Gasteiger partial charge in [0, 0.05) is 18.2 Å². The molecule has 0 aromatic heterocycles. The Morgan fingerprint density at radius 3 is 2.32 bits per heavy atom. The van der Waals surface area contributed by atoms with E-state index < -0.39 is 4.92 Å². The van der Waals surface area contributed by atoms with Crippen molar-refractivity contribution in [2.75, 3.05) is 13.2 Å². The van der Waals surface area contributed by atoms with Crippen LogP contribution in [-0.2, 0) is 4.79 Å². The topological polar surface area (TPSA) is 93.9 Å². The van der Waals surface area contributed by atoms with Crippen molar-refractivity contribution in [1.29, 1.82) is 0 Å². The summed E-state index contributed by atoms with van der Waals surface area (Å²) in [6, 6.07) is 21.8. The molecule has 1 heterocycles. The Hall–Kier alpha value is -4.85. The molecule has 0 spiro atoms. The molecule has 1 amide bonds. The summed E-state index contributed by atoms with van der Waals surface area (Å²) >= 11 is 0. The van der Waals surface area contributed by atoms with Crippen LogP contribution >= 0.6 is 0 Å². The lowest BCUT2D eigenvalue weighted by atomic mass is 9.86. The van der Waals surface area contributed by atoms with Crippen LogP contribution in [0.25, 0.3) is 12.2 Å². The van der Waals surface area contributed by atoms with E-state index in [1.807, 2.05) is 62.4 Å². The monoisotopic (exact) mass is 551 g/mol. The normalized spacial score (nSPS) is 17.5. The minimum Gasteiger partial charge on any atom is -0.494 e. The van der Waals surface area contributed by atoms with Gasteiger partial charge < -0.3 is 9.47 Å². The van der Waals surface area contributed by atoms with E-state index in [1.165, 1.54) is 18.2 Å². The molecule has 0 bridgehead atoms. The van der Waals surface area contributed by atoms with E-state index in [9.17, 15) is 14.9 Å². The number of ether oxygens (including phenoxy) is 2. The fourth-order valence-corrected chi connectivity index (χ4v) is 5.29. The molecule has 0 saturated carbocycles. The Morgan fingerprint density at radius 1 is 0.976 bits per heavy atom. The third-order valence-electron chi connectivity index (χ3n) is 7.13. The van der Waals surface area contributed by atoms with Gasteiger partial charge in [-0.2, -0.15) is 0 Å². The lowest BCUT2D eigenvalue weighted by molar-refractivity contribution is -0.384. The van der Waals surface area contributed by atoms with E-state index in [2.05, 4.69) is 11.5 Å². The molecule has 3 aromatic rings. The molecule has 0 unspecified atom stereocenters. The van der Waals surface area contributed by atoms with Gasteiger partial charge in [0.2, 0.25) is 0 Å². The van der Waals surface area contributed by atoms with Gasteiger partial charge in [0.05, 0.1) is 23.8 Å². The fraction of sp³-hybridized carbons (Fsp3) is 0.242. The minimum atomic E-state index is -0.445. The van der Waals surface area contributed by atoms with Gasteiger partial charge in [-0.25, -0.2) is 5.01 Å². The second-order valence-corrected chi connectivity index (χ2v) is 9.84. The molecule has 0 saturated heterocycles. The number of hydrazine groups is 1. The smallest absolute Gasteiger partial charge is 0.270 e. The molecule has 2 aliphatic rings. The largest absolute Gasteiger partial charge is 0.494 e. The van der Waals surface area contributed by atoms with Crippen molar-refractivity contribution in [2.24, 2.45) is 0 Å². The Morgan fingerprint density at radius 2 is 1.66 bits per heavy atom. The number of amides is 1. The number of carbonyl (C=O) groups is 1. The Kier molecular flexibility index (Phi) is 8.48. The lowest BCUT2D eigenvalue weighted by Crippen LogP contribution is -2.39. The maximum absolute atomic E-state index is 13.7. The van der Waals surface area contributed by atoms with Crippen LogP contribution < -0.4 is 14.9 Å². The SMILES string of the molecule is CCOc1ccc(/C=C2\CCCC3=C2NN(C(=O)/C=C/c2cccc([N+](=O)[O-])c2)[C@H]3c2ccc(OCC)cc2)cc1. The predicted octanol–water partition coefficient (Wildman–Crippen LogP) is 7.02. The molecule has 41 heavy (non-hydrogen) atoms. The Balaban J connectivity index is 1.47. The highest BCUT2D eigenvalue weighted by Gasteiger charge is 2.38. The molecule has 3 aromatic carbocycles. The van der Waals surface area contributed by atoms with E-state index in [0.29, 0.717) is 18.8 Å². The second kappa shape index (κ2) is 12.6. The first-order valence-corrected chi connectivity index (χ1v) is 13.9. The van der Waals surface area contributed by atoms with E-state index in [0.717, 1.165) is 58.7 Å². The number of benzene rings is 3. The highest BCUT2D eigenvalue weighted by Crippen LogP contribution is 2.44. The number of nitrogens with zero attached hydrogens (tertiary/aromatic N) is 2. The summed E-state index contributed by atoms with van der Waals surface area (Å²) in [5, 5.41) is 12.8. The van der Waals surface area contributed by atoms with Crippen LogP contribution in [0.4, 0.5) is 5.69 Å². The van der Waals surface area contributed by atoms with Gasteiger partial charge >= 0.3 is 0 Å². The second-order valence-electron chi connectivity index (χ2n) is 9.84. The van der Waals surface area contributed by atoms with Crippen LogP contribution in [0.3, 0.4) is 0 Å². The summed E-state index contributed by atoms with van der Waals surface area (Å²) in [6.07, 6.45) is 7.96. The maximum atomic E-state index is 13.7. The first-order chi connectivity index (χ1) is 20.0. The van der Waals surface area contributed by atoms with Gasteiger partial charge in [0.25, 0.3) is 11.6 Å². The van der Waals surface area contributed by atoms with E-state index in [4.69, 9.17) is 9.47 Å². The number of nitrogens with one attached hydrogen (secondary N) is 1. The predicted molar refractivity (Wildman–Crippen MR) is 159 cm³/mol. The molecular weight excluding hydrogens is 518 g/mol. The third kappa shape index (κ3) is 6.32. The molecule has 8 heteroatoms. The van der Waals surface area contributed by atoms with Crippen molar-refractivity contribution in [1.82, 2.24) is 10.4 Å². The first-order valence-electron chi connectivity index (χ1n) is 13.9. The molecule has 1 atom stereocenters. The zero-order valence-electron chi connectivity index (χ0n) is 23.2. The Bertz CT molecular complexity index is 1510. The summed E-state index contributed by atoms with van der Waals surface area (Å²) in [6.45, 7) is 5.10. The molecule has 1 N–H and O–H groups in total.